The molecule has 106 valence electrons. The summed E-state index contributed by atoms with van der Waals surface area (Å²) in [7, 11) is 0. The first-order valence-corrected chi connectivity index (χ1v) is 7.10. The molecule has 0 saturated carbocycles. The minimum atomic E-state index is 0.227. The molecule has 1 atom stereocenters. The monoisotopic (exact) mass is 277 g/mol. The fraction of sp³-hybridized carbons (Fsp3) is 0.167. The van der Waals surface area contributed by atoms with Gasteiger partial charge in [-0.15, -0.1) is 0 Å². The second kappa shape index (κ2) is 5.44. The SMILES string of the molecule is Cc1ccc(C(C)Nc2ccc(N)c3cnccc23)cc1. The van der Waals surface area contributed by atoms with E-state index in [4.69, 9.17) is 5.73 Å². The van der Waals surface area contributed by atoms with Gasteiger partial charge >= 0.3 is 0 Å². The van der Waals surface area contributed by atoms with Gasteiger partial charge < -0.3 is 11.1 Å². The Hall–Kier alpha value is -2.55. The predicted molar refractivity (Wildman–Crippen MR) is 89.4 cm³/mol. The molecule has 1 unspecified atom stereocenters. The number of nitrogens with zero attached hydrogens (tertiary/aromatic N) is 1. The molecule has 0 aliphatic heterocycles. The standard InChI is InChI=1S/C18H19N3/c1-12-3-5-14(6-4-12)13(2)21-18-8-7-17(19)16-11-20-10-9-15(16)18/h3-11,13,21H,19H2,1-2H3. The van der Waals surface area contributed by atoms with E-state index in [1.807, 2.05) is 24.4 Å². The van der Waals surface area contributed by atoms with Crippen molar-refractivity contribution in [3.8, 4) is 0 Å². The maximum atomic E-state index is 6.02. The van der Waals surface area contributed by atoms with Crippen molar-refractivity contribution < 1.29 is 0 Å². The summed E-state index contributed by atoms with van der Waals surface area (Å²) in [5.74, 6) is 0. The van der Waals surface area contributed by atoms with Crippen LogP contribution in [0.2, 0.25) is 0 Å². The molecular weight excluding hydrogens is 258 g/mol. The maximum Gasteiger partial charge on any atom is 0.0485 e. The van der Waals surface area contributed by atoms with E-state index in [1.54, 1.807) is 6.20 Å². The number of pyridine rings is 1. The van der Waals surface area contributed by atoms with E-state index in [0.717, 1.165) is 22.1 Å². The smallest absolute Gasteiger partial charge is 0.0485 e. The first kappa shape index (κ1) is 13.4. The van der Waals surface area contributed by atoms with Crippen LogP contribution in [-0.2, 0) is 0 Å². The van der Waals surface area contributed by atoms with Crippen LogP contribution in [0, 0.1) is 6.92 Å². The topological polar surface area (TPSA) is 50.9 Å². The Labute approximate surface area is 124 Å². The summed E-state index contributed by atoms with van der Waals surface area (Å²) < 4.78 is 0. The second-order valence-electron chi connectivity index (χ2n) is 5.40. The van der Waals surface area contributed by atoms with Gasteiger partial charge in [-0.2, -0.15) is 0 Å². The number of aryl methyl sites for hydroxylation is 1. The number of benzene rings is 2. The highest BCUT2D eigenvalue weighted by atomic mass is 14.9. The van der Waals surface area contributed by atoms with E-state index in [2.05, 4.69) is 48.4 Å². The minimum absolute atomic E-state index is 0.227. The molecule has 3 nitrogen and oxygen atoms in total. The van der Waals surface area contributed by atoms with Crippen LogP contribution in [0.1, 0.15) is 24.1 Å². The van der Waals surface area contributed by atoms with Crippen molar-refractivity contribution in [3.63, 3.8) is 0 Å². The summed E-state index contributed by atoms with van der Waals surface area (Å²) in [5.41, 5.74) is 10.4. The number of nitrogens with one attached hydrogen (secondary N) is 1. The van der Waals surface area contributed by atoms with Gasteiger partial charge in [-0.25, -0.2) is 0 Å². The van der Waals surface area contributed by atoms with Crippen LogP contribution >= 0.6 is 0 Å². The Balaban J connectivity index is 1.95. The van der Waals surface area contributed by atoms with Gasteiger partial charge in [-0.05, 0) is 37.6 Å². The lowest BCUT2D eigenvalue weighted by atomic mass is 10.0. The summed E-state index contributed by atoms with van der Waals surface area (Å²) in [6, 6.07) is 14.8. The van der Waals surface area contributed by atoms with E-state index in [-0.39, 0.29) is 6.04 Å². The minimum Gasteiger partial charge on any atom is -0.398 e. The van der Waals surface area contributed by atoms with Crippen molar-refractivity contribution in [2.75, 3.05) is 11.1 Å². The zero-order valence-corrected chi connectivity index (χ0v) is 12.3. The zero-order valence-electron chi connectivity index (χ0n) is 12.3. The van der Waals surface area contributed by atoms with Crippen LogP contribution in [0.3, 0.4) is 0 Å². The van der Waals surface area contributed by atoms with E-state index in [1.165, 1.54) is 11.1 Å². The first-order chi connectivity index (χ1) is 10.1. The van der Waals surface area contributed by atoms with Crippen molar-refractivity contribution in [1.29, 1.82) is 0 Å². The molecule has 1 heterocycles. The molecule has 0 aliphatic carbocycles. The van der Waals surface area contributed by atoms with Crippen molar-refractivity contribution in [2.45, 2.75) is 19.9 Å². The second-order valence-corrected chi connectivity index (χ2v) is 5.40. The van der Waals surface area contributed by atoms with Gasteiger partial charge in [0.2, 0.25) is 0 Å². The average molecular weight is 277 g/mol. The number of nitrogen functional groups attached to an aromatic ring is 1. The summed E-state index contributed by atoms with van der Waals surface area (Å²) in [5, 5.41) is 5.65. The summed E-state index contributed by atoms with van der Waals surface area (Å²) in [6.07, 6.45) is 3.61. The van der Waals surface area contributed by atoms with Crippen molar-refractivity contribution in [3.05, 3.63) is 66.0 Å². The van der Waals surface area contributed by atoms with Crippen LogP contribution in [0.25, 0.3) is 10.8 Å². The van der Waals surface area contributed by atoms with Gasteiger partial charge in [-0.1, -0.05) is 29.8 Å². The van der Waals surface area contributed by atoms with Crippen LogP contribution in [0.5, 0.6) is 0 Å². The van der Waals surface area contributed by atoms with Crippen molar-refractivity contribution in [2.24, 2.45) is 0 Å². The number of nitrogens with two attached hydrogens (primary N) is 1. The first-order valence-electron chi connectivity index (χ1n) is 7.10. The fourth-order valence-electron chi connectivity index (χ4n) is 2.51. The molecule has 3 aromatic rings. The summed E-state index contributed by atoms with van der Waals surface area (Å²) in [6.45, 7) is 4.26. The predicted octanol–water partition coefficient (Wildman–Crippen LogP) is 4.30. The Morgan fingerprint density at radius 2 is 1.76 bits per heavy atom. The highest BCUT2D eigenvalue weighted by molar-refractivity contribution is 6.00. The molecule has 1 aromatic heterocycles. The van der Waals surface area contributed by atoms with Gasteiger partial charge in [0.05, 0.1) is 0 Å². The fourth-order valence-corrected chi connectivity index (χ4v) is 2.51. The van der Waals surface area contributed by atoms with Crippen LogP contribution < -0.4 is 11.1 Å². The molecule has 3 N–H and O–H groups in total. The van der Waals surface area contributed by atoms with Crippen LogP contribution in [-0.4, -0.2) is 4.98 Å². The van der Waals surface area contributed by atoms with Gasteiger partial charge in [0, 0.05) is 40.6 Å². The van der Waals surface area contributed by atoms with Gasteiger partial charge in [0.1, 0.15) is 0 Å². The van der Waals surface area contributed by atoms with E-state index in [0.29, 0.717) is 0 Å². The lowest BCUT2D eigenvalue weighted by Gasteiger charge is -2.18. The normalized spacial score (nSPS) is 12.3. The molecular formula is C18H19N3. The number of aromatic nitrogens is 1. The van der Waals surface area contributed by atoms with Crippen molar-refractivity contribution >= 4 is 22.1 Å². The highest BCUT2D eigenvalue weighted by Crippen LogP contribution is 2.30. The maximum absolute atomic E-state index is 6.02. The molecule has 0 saturated heterocycles. The third-order valence-electron chi connectivity index (χ3n) is 3.80. The molecule has 0 fully saturated rings. The van der Waals surface area contributed by atoms with Crippen LogP contribution in [0.15, 0.2) is 54.9 Å². The molecule has 3 heteroatoms. The van der Waals surface area contributed by atoms with E-state index >= 15 is 0 Å². The lowest BCUT2D eigenvalue weighted by Crippen LogP contribution is -2.07. The highest BCUT2D eigenvalue weighted by Gasteiger charge is 2.09. The van der Waals surface area contributed by atoms with E-state index in [9.17, 15) is 0 Å². The third kappa shape index (κ3) is 2.68. The Morgan fingerprint density at radius 3 is 2.52 bits per heavy atom. The van der Waals surface area contributed by atoms with Gasteiger partial charge in [-0.3, -0.25) is 4.98 Å². The Kier molecular flexibility index (Phi) is 3.48. The average Bonchev–Trinajstić information content (AvgIpc) is 2.51. The molecule has 0 aliphatic rings. The number of hydrogen-bond acceptors (Lipinski definition) is 3. The molecule has 2 aromatic carbocycles. The van der Waals surface area contributed by atoms with Gasteiger partial charge in [0.15, 0.2) is 0 Å². The summed E-state index contributed by atoms with van der Waals surface area (Å²) in [4.78, 5) is 4.15. The molecule has 0 spiro atoms. The third-order valence-corrected chi connectivity index (χ3v) is 3.80. The molecule has 3 rings (SSSR count). The number of anilines is 2. The number of hydrogen-bond donors (Lipinski definition) is 2. The Bertz CT molecular complexity index is 763. The lowest BCUT2D eigenvalue weighted by molar-refractivity contribution is 0.886. The quantitative estimate of drug-likeness (QED) is 0.702. The van der Waals surface area contributed by atoms with Crippen molar-refractivity contribution in [1.82, 2.24) is 4.98 Å². The number of fused-ring (bicyclic) bond motifs is 1. The molecule has 0 amide bonds. The molecule has 21 heavy (non-hydrogen) atoms. The largest absolute Gasteiger partial charge is 0.398 e. The zero-order chi connectivity index (χ0) is 14.8. The molecule has 0 bridgehead atoms. The van der Waals surface area contributed by atoms with E-state index < -0.39 is 0 Å². The summed E-state index contributed by atoms with van der Waals surface area (Å²) >= 11 is 0. The Morgan fingerprint density at radius 1 is 1.00 bits per heavy atom. The number of rotatable bonds is 3. The van der Waals surface area contributed by atoms with Crippen LogP contribution in [0.4, 0.5) is 11.4 Å². The molecule has 0 radical (unpaired) electrons. The van der Waals surface area contributed by atoms with Gasteiger partial charge in [0.25, 0.3) is 0 Å².